The van der Waals surface area contributed by atoms with E-state index in [4.69, 9.17) is 4.74 Å². The molecule has 3 heterocycles. The van der Waals surface area contributed by atoms with Gasteiger partial charge >= 0.3 is 0 Å². The first-order chi connectivity index (χ1) is 10.8. The third kappa shape index (κ3) is 2.08. The third-order valence-electron chi connectivity index (χ3n) is 4.55. The number of benzene rings is 1. The first kappa shape index (κ1) is 13.1. The van der Waals surface area contributed by atoms with Crippen LogP contribution in [-0.4, -0.2) is 28.7 Å². The van der Waals surface area contributed by atoms with Gasteiger partial charge in [0.1, 0.15) is 17.4 Å². The van der Waals surface area contributed by atoms with Gasteiger partial charge in [-0.2, -0.15) is 5.26 Å². The number of para-hydroxylation sites is 1. The van der Waals surface area contributed by atoms with Crippen molar-refractivity contribution < 1.29 is 4.74 Å². The molecule has 1 saturated heterocycles. The molecule has 0 saturated carbocycles. The van der Waals surface area contributed by atoms with Crippen molar-refractivity contribution >= 4 is 5.82 Å². The van der Waals surface area contributed by atoms with E-state index in [-0.39, 0.29) is 5.60 Å². The van der Waals surface area contributed by atoms with Crippen LogP contribution in [0.25, 0.3) is 0 Å². The van der Waals surface area contributed by atoms with Crippen LogP contribution < -0.4 is 9.64 Å². The van der Waals surface area contributed by atoms with Gasteiger partial charge in [0.2, 0.25) is 0 Å². The van der Waals surface area contributed by atoms with Gasteiger partial charge in [0.15, 0.2) is 11.5 Å². The van der Waals surface area contributed by atoms with E-state index in [1.807, 2.05) is 12.1 Å². The molecule has 0 radical (unpaired) electrons. The molecule has 1 aromatic carbocycles. The fourth-order valence-electron chi connectivity index (χ4n) is 3.41. The van der Waals surface area contributed by atoms with Crippen molar-refractivity contribution in [3.05, 3.63) is 47.9 Å². The second-order valence-electron chi connectivity index (χ2n) is 5.90. The van der Waals surface area contributed by atoms with Crippen LogP contribution >= 0.6 is 0 Å². The maximum absolute atomic E-state index is 9.20. The van der Waals surface area contributed by atoms with E-state index in [2.05, 4.69) is 33.1 Å². The first-order valence-electron chi connectivity index (χ1n) is 7.53. The molecular formula is C17H16N4O. The summed E-state index contributed by atoms with van der Waals surface area (Å²) in [5.41, 5.74) is 1.50. The smallest absolute Gasteiger partial charge is 0.183 e. The quantitative estimate of drug-likeness (QED) is 0.807. The molecule has 1 atom stereocenters. The average molecular weight is 292 g/mol. The summed E-state index contributed by atoms with van der Waals surface area (Å²) in [4.78, 5) is 10.6. The number of fused-ring (bicyclic) bond motifs is 1. The number of nitriles is 1. The Balaban J connectivity index is 1.60. The summed E-state index contributed by atoms with van der Waals surface area (Å²) in [6.07, 6.45) is 6.18. The van der Waals surface area contributed by atoms with Crippen LogP contribution in [0.5, 0.6) is 5.75 Å². The number of hydrogen-bond acceptors (Lipinski definition) is 5. The number of ether oxygens (including phenoxy) is 1. The Bertz CT molecular complexity index is 754. The summed E-state index contributed by atoms with van der Waals surface area (Å²) in [7, 11) is 0. The van der Waals surface area contributed by atoms with Gasteiger partial charge in [-0.25, -0.2) is 9.97 Å². The highest BCUT2D eigenvalue weighted by molar-refractivity contribution is 5.51. The van der Waals surface area contributed by atoms with Gasteiger partial charge in [-0.3, -0.25) is 0 Å². The summed E-state index contributed by atoms with van der Waals surface area (Å²) in [5.74, 6) is 1.67. The van der Waals surface area contributed by atoms with Gasteiger partial charge in [-0.05, 0) is 24.5 Å². The van der Waals surface area contributed by atoms with Crippen LogP contribution in [0, 0.1) is 11.3 Å². The van der Waals surface area contributed by atoms with E-state index in [1.165, 1.54) is 5.56 Å². The topological polar surface area (TPSA) is 62.0 Å². The van der Waals surface area contributed by atoms with Gasteiger partial charge in [0.25, 0.3) is 0 Å². The SMILES string of the molecule is N#Cc1nccnc1N1CCC2(CCc3ccccc3O2)C1. The number of hydrogen-bond donors (Lipinski definition) is 0. The second kappa shape index (κ2) is 4.99. The van der Waals surface area contributed by atoms with Gasteiger partial charge in [0.05, 0.1) is 6.54 Å². The molecule has 5 nitrogen and oxygen atoms in total. The number of aromatic nitrogens is 2. The molecule has 1 fully saturated rings. The molecule has 2 aliphatic rings. The summed E-state index contributed by atoms with van der Waals surface area (Å²) >= 11 is 0. The molecule has 110 valence electrons. The minimum atomic E-state index is -0.168. The summed E-state index contributed by atoms with van der Waals surface area (Å²) in [5, 5.41) is 9.20. The molecule has 5 heteroatoms. The molecule has 1 unspecified atom stereocenters. The summed E-state index contributed by atoms with van der Waals surface area (Å²) in [6.45, 7) is 1.60. The molecule has 0 amide bonds. The number of nitrogens with zero attached hydrogens (tertiary/aromatic N) is 4. The maximum Gasteiger partial charge on any atom is 0.183 e. The normalized spacial score (nSPS) is 23.0. The van der Waals surface area contributed by atoms with Gasteiger partial charge in [0, 0.05) is 25.4 Å². The first-order valence-corrected chi connectivity index (χ1v) is 7.53. The minimum absolute atomic E-state index is 0.168. The highest BCUT2D eigenvalue weighted by atomic mass is 16.5. The molecule has 2 aliphatic heterocycles. The van der Waals surface area contributed by atoms with Crippen molar-refractivity contribution in [1.82, 2.24) is 9.97 Å². The molecule has 0 bridgehead atoms. The number of anilines is 1. The highest BCUT2D eigenvalue weighted by Gasteiger charge is 2.43. The minimum Gasteiger partial charge on any atom is -0.485 e. The Hall–Kier alpha value is -2.61. The van der Waals surface area contributed by atoms with Gasteiger partial charge < -0.3 is 9.64 Å². The monoisotopic (exact) mass is 292 g/mol. The standard InChI is InChI=1S/C17H16N4O/c18-11-14-16(20-9-8-19-14)21-10-7-17(12-21)6-5-13-3-1-2-4-15(13)22-17/h1-4,8-9H,5-7,10,12H2. The van der Waals surface area contributed by atoms with E-state index in [0.29, 0.717) is 11.5 Å². The lowest BCUT2D eigenvalue weighted by atomic mass is 9.90. The van der Waals surface area contributed by atoms with Crippen LogP contribution in [0.4, 0.5) is 5.82 Å². The van der Waals surface area contributed by atoms with E-state index < -0.39 is 0 Å². The van der Waals surface area contributed by atoms with Crippen molar-refractivity contribution in [2.45, 2.75) is 24.9 Å². The average Bonchev–Trinajstić information content (AvgIpc) is 2.98. The molecule has 1 aromatic heterocycles. The largest absolute Gasteiger partial charge is 0.485 e. The van der Waals surface area contributed by atoms with E-state index >= 15 is 0 Å². The van der Waals surface area contributed by atoms with Crippen LogP contribution in [0.2, 0.25) is 0 Å². The van der Waals surface area contributed by atoms with Gasteiger partial charge in [-0.15, -0.1) is 0 Å². The lowest BCUT2D eigenvalue weighted by molar-refractivity contribution is 0.0682. The molecule has 0 N–H and O–H groups in total. The lowest BCUT2D eigenvalue weighted by Gasteiger charge is -2.35. The van der Waals surface area contributed by atoms with E-state index in [1.54, 1.807) is 12.4 Å². The molecular weight excluding hydrogens is 276 g/mol. The Labute approximate surface area is 129 Å². The Morgan fingerprint density at radius 1 is 1.18 bits per heavy atom. The fourth-order valence-corrected chi connectivity index (χ4v) is 3.41. The highest BCUT2D eigenvalue weighted by Crippen LogP contribution is 2.39. The summed E-state index contributed by atoms with van der Waals surface area (Å²) < 4.78 is 6.33. The Morgan fingerprint density at radius 3 is 2.95 bits per heavy atom. The van der Waals surface area contributed by atoms with Gasteiger partial charge in [-0.1, -0.05) is 18.2 Å². The zero-order valence-electron chi connectivity index (χ0n) is 12.2. The lowest BCUT2D eigenvalue weighted by Crippen LogP contribution is -2.42. The maximum atomic E-state index is 9.20. The zero-order chi connectivity index (χ0) is 15.0. The van der Waals surface area contributed by atoms with Crippen LogP contribution in [0.3, 0.4) is 0 Å². The van der Waals surface area contributed by atoms with E-state index in [9.17, 15) is 5.26 Å². The Kier molecular flexibility index (Phi) is 2.97. The molecule has 22 heavy (non-hydrogen) atoms. The molecule has 2 aromatic rings. The predicted molar refractivity (Wildman–Crippen MR) is 81.7 cm³/mol. The molecule has 1 spiro atoms. The molecule has 4 rings (SSSR count). The molecule has 0 aliphatic carbocycles. The van der Waals surface area contributed by atoms with E-state index in [0.717, 1.165) is 38.1 Å². The van der Waals surface area contributed by atoms with Crippen molar-refractivity contribution in [1.29, 1.82) is 5.26 Å². The number of rotatable bonds is 1. The van der Waals surface area contributed by atoms with Crippen molar-refractivity contribution in [2.75, 3.05) is 18.0 Å². The number of aryl methyl sites for hydroxylation is 1. The predicted octanol–water partition coefficient (Wildman–Crippen LogP) is 2.32. The Morgan fingerprint density at radius 2 is 2.05 bits per heavy atom. The van der Waals surface area contributed by atoms with Crippen molar-refractivity contribution in [3.63, 3.8) is 0 Å². The third-order valence-corrected chi connectivity index (χ3v) is 4.55. The van der Waals surface area contributed by atoms with Crippen LogP contribution in [-0.2, 0) is 6.42 Å². The van der Waals surface area contributed by atoms with Crippen molar-refractivity contribution in [3.8, 4) is 11.8 Å². The van der Waals surface area contributed by atoms with Crippen LogP contribution in [0.15, 0.2) is 36.7 Å². The summed E-state index contributed by atoms with van der Waals surface area (Å²) in [6, 6.07) is 10.4. The second-order valence-corrected chi connectivity index (χ2v) is 5.90. The fraction of sp³-hybridized carbons (Fsp3) is 0.353. The zero-order valence-corrected chi connectivity index (χ0v) is 12.2. The van der Waals surface area contributed by atoms with Crippen LogP contribution in [0.1, 0.15) is 24.1 Å². The van der Waals surface area contributed by atoms with Crippen molar-refractivity contribution in [2.24, 2.45) is 0 Å².